The Morgan fingerprint density at radius 3 is 2.74 bits per heavy atom. The van der Waals surface area contributed by atoms with Crippen LogP contribution in [-0.4, -0.2) is 47.4 Å². The molecule has 218 valence electrons. The van der Waals surface area contributed by atoms with Crippen LogP contribution in [0.1, 0.15) is 24.1 Å². The van der Waals surface area contributed by atoms with Crippen molar-refractivity contribution in [1.82, 2.24) is 14.7 Å². The van der Waals surface area contributed by atoms with E-state index in [0.717, 1.165) is 16.7 Å². The van der Waals surface area contributed by atoms with Crippen LogP contribution in [0.4, 0.5) is 21.9 Å². The summed E-state index contributed by atoms with van der Waals surface area (Å²) in [6.45, 7) is 2.29. The molecule has 0 bridgehead atoms. The highest BCUT2D eigenvalue weighted by Crippen LogP contribution is 2.35. The second-order valence-corrected chi connectivity index (χ2v) is 11.2. The highest BCUT2D eigenvalue weighted by Gasteiger charge is 2.22. The maximum atomic E-state index is 13.0. The minimum Gasteiger partial charge on any atom is -0.485 e. The lowest BCUT2D eigenvalue weighted by molar-refractivity contribution is -0.118. The molecule has 2 aromatic carbocycles. The van der Waals surface area contributed by atoms with E-state index in [0.29, 0.717) is 52.0 Å². The molecule has 0 spiro atoms. The van der Waals surface area contributed by atoms with Gasteiger partial charge in [-0.25, -0.2) is 9.78 Å². The van der Waals surface area contributed by atoms with E-state index in [9.17, 15) is 14.4 Å². The number of pyridine rings is 1. The molecule has 0 saturated carbocycles. The first-order chi connectivity index (χ1) is 20.1. The topological polar surface area (TPSA) is 108 Å². The first kappa shape index (κ1) is 29.7. The largest absolute Gasteiger partial charge is 0.485 e. The number of anilines is 3. The van der Waals surface area contributed by atoms with Crippen molar-refractivity contribution in [3.05, 3.63) is 80.6 Å². The fraction of sp³-hybridized carbons (Fsp3) is 0.241. The van der Waals surface area contributed by atoms with E-state index in [1.807, 2.05) is 29.7 Å². The van der Waals surface area contributed by atoms with Gasteiger partial charge in [0.05, 0.1) is 22.9 Å². The summed E-state index contributed by atoms with van der Waals surface area (Å²) >= 11 is 16.7. The quantitative estimate of drug-likeness (QED) is 0.232. The Labute approximate surface area is 260 Å². The third-order valence-electron chi connectivity index (χ3n) is 6.88. The minimum absolute atomic E-state index is 0.0412. The molecular weight excluding hydrogens is 647 g/mol. The van der Waals surface area contributed by atoms with E-state index in [2.05, 4.69) is 31.5 Å². The van der Waals surface area contributed by atoms with Crippen LogP contribution in [0.15, 0.2) is 59.3 Å². The number of carbonyl (C=O) groups excluding carboxylic acids is 3. The smallest absolute Gasteiger partial charge is 0.319 e. The Kier molecular flexibility index (Phi) is 8.91. The van der Waals surface area contributed by atoms with E-state index >= 15 is 0 Å². The zero-order valence-corrected chi connectivity index (χ0v) is 25.9. The molecule has 4 aromatic rings. The molecule has 0 aliphatic carbocycles. The number of carbonyl (C=O) groups is 3. The van der Waals surface area contributed by atoms with Crippen LogP contribution in [0.25, 0.3) is 5.65 Å². The Hall–Kier alpha value is -3.80. The van der Waals surface area contributed by atoms with Crippen LogP contribution in [0.2, 0.25) is 10.0 Å². The molecule has 2 aromatic heterocycles. The van der Waals surface area contributed by atoms with Gasteiger partial charge in [0.1, 0.15) is 11.2 Å². The number of benzene rings is 2. The summed E-state index contributed by atoms with van der Waals surface area (Å²) in [6, 6.07) is 13.4. The number of hydrogen-bond donors (Lipinski definition) is 2. The van der Waals surface area contributed by atoms with Crippen molar-refractivity contribution in [2.24, 2.45) is 0 Å². The average molecular weight is 674 g/mol. The van der Waals surface area contributed by atoms with Crippen LogP contribution in [-0.2, 0) is 16.2 Å². The van der Waals surface area contributed by atoms with Crippen molar-refractivity contribution in [2.45, 2.75) is 26.4 Å². The number of likely N-dealkylation sites (N-methyl/N-ethyl adjacent to an activating group) is 1. The van der Waals surface area contributed by atoms with Gasteiger partial charge < -0.3 is 25.2 Å². The lowest BCUT2D eigenvalue weighted by atomic mass is 10.2. The van der Waals surface area contributed by atoms with Gasteiger partial charge in [-0.15, -0.1) is 0 Å². The monoisotopic (exact) mass is 672 g/mol. The number of rotatable bonds is 8. The van der Waals surface area contributed by atoms with Crippen molar-refractivity contribution >= 4 is 79.7 Å². The van der Waals surface area contributed by atoms with E-state index in [-0.39, 0.29) is 24.1 Å². The van der Waals surface area contributed by atoms with Crippen molar-refractivity contribution in [3.8, 4) is 5.75 Å². The second-order valence-electron chi connectivity index (χ2n) is 9.66. The SMILES string of the molecule is Cc1nc2c(OCc3c(Cl)ccc(N(C)C(=O)CNC(=O)Nc4cccc(N5CCCC5=O)c4)c3Cl)cccn2c1Br. The zero-order valence-electron chi connectivity index (χ0n) is 22.8. The van der Waals surface area contributed by atoms with Gasteiger partial charge in [0.25, 0.3) is 0 Å². The Balaban J connectivity index is 1.21. The molecule has 0 atom stereocenters. The lowest BCUT2D eigenvalue weighted by Gasteiger charge is -2.21. The van der Waals surface area contributed by atoms with Crippen LogP contribution in [0, 0.1) is 6.92 Å². The van der Waals surface area contributed by atoms with Crippen molar-refractivity contribution in [1.29, 1.82) is 0 Å². The number of aromatic nitrogens is 2. The van der Waals surface area contributed by atoms with Gasteiger partial charge in [0.2, 0.25) is 11.8 Å². The minimum atomic E-state index is -0.562. The van der Waals surface area contributed by atoms with Gasteiger partial charge in [-0.2, -0.15) is 0 Å². The highest BCUT2D eigenvalue weighted by molar-refractivity contribution is 9.10. The molecule has 1 aliphatic heterocycles. The number of amides is 4. The zero-order chi connectivity index (χ0) is 30.0. The number of nitrogens with one attached hydrogen (secondary N) is 2. The number of ether oxygens (including phenoxy) is 1. The molecule has 4 amide bonds. The molecule has 2 N–H and O–H groups in total. The number of fused-ring (bicyclic) bond motifs is 1. The Morgan fingerprint density at radius 1 is 1.17 bits per heavy atom. The fourth-order valence-corrected chi connectivity index (χ4v) is 5.60. The Bertz CT molecular complexity index is 1690. The number of aryl methyl sites for hydroxylation is 1. The molecule has 5 rings (SSSR count). The number of nitrogens with zero attached hydrogens (tertiary/aromatic N) is 4. The molecule has 0 unspecified atom stereocenters. The van der Waals surface area contributed by atoms with Gasteiger partial charge in [0.15, 0.2) is 11.4 Å². The summed E-state index contributed by atoms with van der Waals surface area (Å²) in [7, 11) is 1.56. The van der Waals surface area contributed by atoms with Gasteiger partial charge >= 0.3 is 6.03 Å². The summed E-state index contributed by atoms with van der Waals surface area (Å²) in [5.74, 6) is 0.195. The van der Waals surface area contributed by atoms with Crippen molar-refractivity contribution in [2.75, 3.05) is 35.3 Å². The summed E-state index contributed by atoms with van der Waals surface area (Å²) in [5, 5.41) is 5.91. The van der Waals surface area contributed by atoms with Crippen LogP contribution < -0.4 is 25.2 Å². The van der Waals surface area contributed by atoms with E-state index < -0.39 is 11.9 Å². The maximum absolute atomic E-state index is 13.0. The normalized spacial score (nSPS) is 13.0. The van der Waals surface area contributed by atoms with E-state index in [4.69, 9.17) is 27.9 Å². The standard InChI is InChI=1S/C29H27BrCl2N6O4/c1-17-27(30)38-13-4-8-23(28(38)34-17)42-16-20-21(31)10-11-22(26(20)32)36(2)25(40)15-33-29(41)35-18-6-3-7-19(14-18)37-12-5-9-24(37)39/h3-4,6-8,10-11,13-14H,5,9,12,15-16H2,1-2H3,(H2,33,35,41). The lowest BCUT2D eigenvalue weighted by Crippen LogP contribution is -2.40. The first-order valence-corrected chi connectivity index (χ1v) is 14.6. The van der Waals surface area contributed by atoms with Crippen LogP contribution in [0.3, 0.4) is 0 Å². The number of halogens is 3. The third-order valence-corrected chi connectivity index (χ3v) is 8.61. The van der Waals surface area contributed by atoms with E-state index in [1.54, 1.807) is 48.3 Å². The highest BCUT2D eigenvalue weighted by atomic mass is 79.9. The Morgan fingerprint density at radius 2 is 1.98 bits per heavy atom. The van der Waals surface area contributed by atoms with Gasteiger partial charge in [-0.05, 0) is 71.7 Å². The van der Waals surface area contributed by atoms with Crippen LogP contribution in [0.5, 0.6) is 5.75 Å². The molecule has 1 saturated heterocycles. The number of urea groups is 1. The third kappa shape index (κ3) is 6.18. The molecule has 10 nitrogen and oxygen atoms in total. The fourth-order valence-electron chi connectivity index (χ4n) is 4.62. The number of imidazole rings is 1. The van der Waals surface area contributed by atoms with Gasteiger partial charge in [0, 0.05) is 48.2 Å². The first-order valence-electron chi connectivity index (χ1n) is 13.1. The van der Waals surface area contributed by atoms with Crippen molar-refractivity contribution < 1.29 is 19.1 Å². The summed E-state index contributed by atoms with van der Waals surface area (Å²) < 4.78 is 8.74. The molecule has 0 radical (unpaired) electrons. The molecule has 1 fully saturated rings. The summed E-state index contributed by atoms with van der Waals surface area (Å²) in [6.07, 6.45) is 3.19. The second kappa shape index (κ2) is 12.6. The molecule has 13 heteroatoms. The number of hydrogen-bond acceptors (Lipinski definition) is 5. The predicted octanol–water partition coefficient (Wildman–Crippen LogP) is 6.20. The molecular formula is C29H27BrCl2N6O4. The van der Waals surface area contributed by atoms with Crippen molar-refractivity contribution in [3.63, 3.8) is 0 Å². The summed E-state index contributed by atoms with van der Waals surface area (Å²) in [5.41, 5.74) is 3.59. The van der Waals surface area contributed by atoms with Gasteiger partial charge in [-0.3, -0.25) is 14.0 Å². The van der Waals surface area contributed by atoms with Gasteiger partial charge in [-0.1, -0.05) is 29.3 Å². The maximum Gasteiger partial charge on any atom is 0.319 e. The molecule has 3 heterocycles. The molecule has 42 heavy (non-hydrogen) atoms. The molecule has 1 aliphatic rings. The summed E-state index contributed by atoms with van der Waals surface area (Å²) in [4.78, 5) is 45.1. The van der Waals surface area contributed by atoms with E-state index in [1.165, 1.54) is 4.90 Å². The predicted molar refractivity (Wildman–Crippen MR) is 167 cm³/mol. The average Bonchev–Trinajstić information content (AvgIpc) is 3.53. The van der Waals surface area contributed by atoms with Crippen LogP contribution >= 0.6 is 39.1 Å².